The van der Waals surface area contributed by atoms with Gasteiger partial charge in [0.25, 0.3) is 0 Å². The Hall–Kier alpha value is -0.530. The molecule has 2 heteroatoms. The van der Waals surface area contributed by atoms with E-state index >= 15 is 0 Å². The average Bonchev–Trinajstić information content (AvgIpc) is 1.90. The maximum absolute atomic E-state index is 10.6. The standard InChI is InChI=1S/C7H13NO/c1-2-6-3-4-7(9)8-5-6/h6H,2-5H2,1H3,(H,8,9)/t6-/m1/s1. The highest BCUT2D eigenvalue weighted by Crippen LogP contribution is 2.13. The predicted molar refractivity (Wildman–Crippen MR) is 36.0 cm³/mol. The van der Waals surface area contributed by atoms with Crippen LogP contribution in [-0.2, 0) is 4.79 Å². The fourth-order valence-electron chi connectivity index (χ4n) is 1.13. The fourth-order valence-corrected chi connectivity index (χ4v) is 1.13. The van der Waals surface area contributed by atoms with Gasteiger partial charge in [-0.05, 0) is 12.3 Å². The maximum atomic E-state index is 10.6. The van der Waals surface area contributed by atoms with E-state index in [1.165, 1.54) is 6.42 Å². The Balaban J connectivity index is 2.26. The average molecular weight is 127 g/mol. The van der Waals surface area contributed by atoms with Crippen molar-refractivity contribution >= 4 is 5.91 Å². The van der Waals surface area contributed by atoms with E-state index < -0.39 is 0 Å². The van der Waals surface area contributed by atoms with Crippen molar-refractivity contribution in [2.45, 2.75) is 26.2 Å². The molecular weight excluding hydrogens is 114 g/mol. The van der Waals surface area contributed by atoms with E-state index in [0.29, 0.717) is 0 Å². The third-order valence-electron chi connectivity index (χ3n) is 1.94. The molecule has 0 aromatic carbocycles. The summed E-state index contributed by atoms with van der Waals surface area (Å²) in [6.45, 7) is 3.07. The molecule has 1 aliphatic heterocycles. The zero-order valence-electron chi connectivity index (χ0n) is 5.81. The SMILES string of the molecule is CC[C@@H]1CCC(=O)NC1. The molecule has 52 valence electrons. The van der Waals surface area contributed by atoms with Crippen LogP contribution in [0.15, 0.2) is 0 Å². The summed E-state index contributed by atoms with van der Waals surface area (Å²) in [6.07, 6.45) is 3.01. The summed E-state index contributed by atoms with van der Waals surface area (Å²) in [5.74, 6) is 0.961. The summed E-state index contributed by atoms with van der Waals surface area (Å²) in [6, 6.07) is 0. The minimum Gasteiger partial charge on any atom is -0.356 e. The van der Waals surface area contributed by atoms with E-state index in [1.807, 2.05) is 0 Å². The van der Waals surface area contributed by atoms with Crippen LogP contribution in [0.5, 0.6) is 0 Å². The summed E-state index contributed by atoms with van der Waals surface area (Å²) in [5.41, 5.74) is 0. The first-order valence-electron chi connectivity index (χ1n) is 3.59. The van der Waals surface area contributed by atoms with Crippen LogP contribution in [0, 0.1) is 5.92 Å². The van der Waals surface area contributed by atoms with Gasteiger partial charge in [0.05, 0.1) is 0 Å². The molecule has 1 atom stereocenters. The van der Waals surface area contributed by atoms with Crippen LogP contribution in [0.3, 0.4) is 0 Å². The number of carbonyl (C=O) groups is 1. The van der Waals surface area contributed by atoms with Crippen LogP contribution in [-0.4, -0.2) is 12.5 Å². The second-order valence-electron chi connectivity index (χ2n) is 2.62. The first kappa shape index (κ1) is 6.59. The summed E-state index contributed by atoms with van der Waals surface area (Å²) >= 11 is 0. The van der Waals surface area contributed by atoms with Crippen molar-refractivity contribution in [2.24, 2.45) is 5.92 Å². The van der Waals surface area contributed by atoms with E-state index in [0.717, 1.165) is 25.3 Å². The molecule has 1 rings (SSSR count). The molecule has 9 heavy (non-hydrogen) atoms. The molecule has 1 saturated heterocycles. The lowest BCUT2D eigenvalue weighted by molar-refractivity contribution is -0.122. The van der Waals surface area contributed by atoms with Gasteiger partial charge < -0.3 is 5.32 Å². The Morgan fingerprint density at radius 2 is 2.56 bits per heavy atom. The van der Waals surface area contributed by atoms with Gasteiger partial charge in [-0.2, -0.15) is 0 Å². The zero-order valence-corrected chi connectivity index (χ0v) is 5.81. The molecule has 1 amide bonds. The van der Waals surface area contributed by atoms with E-state index in [4.69, 9.17) is 0 Å². The van der Waals surface area contributed by atoms with Crippen molar-refractivity contribution in [3.63, 3.8) is 0 Å². The summed E-state index contributed by atoms with van der Waals surface area (Å²) in [5, 5.41) is 2.84. The molecule has 0 bridgehead atoms. The summed E-state index contributed by atoms with van der Waals surface area (Å²) in [4.78, 5) is 10.6. The molecule has 1 aliphatic rings. The van der Waals surface area contributed by atoms with Gasteiger partial charge in [0.1, 0.15) is 0 Å². The Labute approximate surface area is 55.6 Å². The van der Waals surface area contributed by atoms with Gasteiger partial charge in [-0.3, -0.25) is 4.79 Å². The second kappa shape index (κ2) is 2.85. The topological polar surface area (TPSA) is 29.1 Å². The normalized spacial score (nSPS) is 27.7. The van der Waals surface area contributed by atoms with Crippen LogP contribution in [0.4, 0.5) is 0 Å². The van der Waals surface area contributed by atoms with Crippen LogP contribution < -0.4 is 5.32 Å². The fraction of sp³-hybridized carbons (Fsp3) is 0.857. The lowest BCUT2D eigenvalue weighted by Crippen LogP contribution is -2.34. The molecule has 0 aliphatic carbocycles. The largest absolute Gasteiger partial charge is 0.356 e. The van der Waals surface area contributed by atoms with E-state index in [2.05, 4.69) is 12.2 Å². The van der Waals surface area contributed by atoms with Crippen molar-refractivity contribution in [1.29, 1.82) is 0 Å². The van der Waals surface area contributed by atoms with Crippen LogP contribution >= 0.6 is 0 Å². The molecule has 2 nitrogen and oxygen atoms in total. The van der Waals surface area contributed by atoms with Crippen molar-refractivity contribution in [3.8, 4) is 0 Å². The van der Waals surface area contributed by atoms with Gasteiger partial charge >= 0.3 is 0 Å². The summed E-state index contributed by atoms with van der Waals surface area (Å²) in [7, 11) is 0. The lowest BCUT2D eigenvalue weighted by Gasteiger charge is -2.20. The molecular formula is C7H13NO. The van der Waals surface area contributed by atoms with E-state index in [-0.39, 0.29) is 5.91 Å². The minimum absolute atomic E-state index is 0.222. The first-order chi connectivity index (χ1) is 4.33. The maximum Gasteiger partial charge on any atom is 0.220 e. The van der Waals surface area contributed by atoms with Crippen LogP contribution in [0.2, 0.25) is 0 Å². The number of nitrogens with one attached hydrogen (secondary N) is 1. The molecule has 0 aromatic rings. The number of piperidine rings is 1. The monoisotopic (exact) mass is 127 g/mol. The number of rotatable bonds is 1. The van der Waals surface area contributed by atoms with Crippen molar-refractivity contribution < 1.29 is 4.79 Å². The molecule has 1 N–H and O–H groups in total. The smallest absolute Gasteiger partial charge is 0.220 e. The molecule has 0 unspecified atom stereocenters. The van der Waals surface area contributed by atoms with Gasteiger partial charge in [-0.25, -0.2) is 0 Å². The Kier molecular flexibility index (Phi) is 2.09. The number of hydrogen-bond acceptors (Lipinski definition) is 1. The van der Waals surface area contributed by atoms with E-state index in [9.17, 15) is 4.79 Å². The highest BCUT2D eigenvalue weighted by molar-refractivity contribution is 5.76. The summed E-state index contributed by atoms with van der Waals surface area (Å²) < 4.78 is 0. The zero-order chi connectivity index (χ0) is 6.69. The molecule has 1 heterocycles. The number of amides is 1. The number of hydrogen-bond donors (Lipinski definition) is 1. The third kappa shape index (κ3) is 1.70. The number of carbonyl (C=O) groups excluding carboxylic acids is 1. The van der Waals surface area contributed by atoms with Gasteiger partial charge in [-0.1, -0.05) is 13.3 Å². The van der Waals surface area contributed by atoms with E-state index in [1.54, 1.807) is 0 Å². The van der Waals surface area contributed by atoms with Gasteiger partial charge in [0.15, 0.2) is 0 Å². The van der Waals surface area contributed by atoms with Crippen molar-refractivity contribution in [1.82, 2.24) is 5.32 Å². The first-order valence-corrected chi connectivity index (χ1v) is 3.59. The van der Waals surface area contributed by atoms with Crippen molar-refractivity contribution in [2.75, 3.05) is 6.54 Å². The minimum atomic E-state index is 0.222. The lowest BCUT2D eigenvalue weighted by atomic mass is 9.97. The highest BCUT2D eigenvalue weighted by Gasteiger charge is 2.15. The van der Waals surface area contributed by atoms with Crippen LogP contribution in [0.25, 0.3) is 0 Å². The Morgan fingerprint density at radius 1 is 1.78 bits per heavy atom. The van der Waals surface area contributed by atoms with Crippen molar-refractivity contribution in [3.05, 3.63) is 0 Å². The molecule has 0 radical (unpaired) electrons. The molecule has 0 saturated carbocycles. The Morgan fingerprint density at radius 3 is 3.00 bits per heavy atom. The Bertz CT molecular complexity index is 101. The predicted octanol–water partition coefficient (Wildman–Crippen LogP) is 0.923. The molecule has 1 fully saturated rings. The van der Waals surface area contributed by atoms with Gasteiger partial charge in [-0.15, -0.1) is 0 Å². The highest BCUT2D eigenvalue weighted by atomic mass is 16.1. The van der Waals surface area contributed by atoms with Gasteiger partial charge in [0, 0.05) is 13.0 Å². The molecule has 0 aromatic heterocycles. The van der Waals surface area contributed by atoms with Crippen LogP contribution in [0.1, 0.15) is 26.2 Å². The second-order valence-corrected chi connectivity index (χ2v) is 2.62. The quantitative estimate of drug-likeness (QED) is 0.557. The van der Waals surface area contributed by atoms with Gasteiger partial charge in [0.2, 0.25) is 5.91 Å². The molecule has 0 spiro atoms. The third-order valence-corrected chi connectivity index (χ3v) is 1.94.